The number of aryl methyl sites for hydroxylation is 1. The summed E-state index contributed by atoms with van der Waals surface area (Å²) >= 11 is 0. The Balaban J connectivity index is 1.26. The van der Waals surface area contributed by atoms with Gasteiger partial charge in [-0.1, -0.05) is 79.2 Å². The molecule has 7 rings (SSSR count). The van der Waals surface area contributed by atoms with Crippen LogP contribution in [0.3, 0.4) is 0 Å². The van der Waals surface area contributed by atoms with Gasteiger partial charge in [0.25, 0.3) is 5.91 Å². The molecule has 3 aromatic heterocycles. The lowest BCUT2D eigenvalue weighted by Crippen LogP contribution is -2.38. The Kier molecular flexibility index (Phi) is 11.8. The third kappa shape index (κ3) is 8.68. The summed E-state index contributed by atoms with van der Waals surface area (Å²) in [7, 11) is 0. The van der Waals surface area contributed by atoms with E-state index in [2.05, 4.69) is 45.0 Å². The van der Waals surface area contributed by atoms with Crippen LogP contribution in [-0.2, 0) is 30.2 Å². The maximum absolute atomic E-state index is 13.8. The fourth-order valence-corrected chi connectivity index (χ4v) is 7.27. The minimum atomic E-state index is -1.15. The molecule has 5 aromatic rings. The molecule has 0 saturated carbocycles. The Morgan fingerprint density at radius 1 is 0.909 bits per heavy atom. The number of nitrogens with zero attached hydrogens (tertiary/aromatic N) is 6. The standard InChI is InChI=1S/C40H46N8O7/c1-4-29-22-31(55-46-29)33-34(52-25(2)49)35(53-26(3)50)40(54-33)48-24-43-32-36(42-23-30(27-14-8-5-9-15-27)28-16-10-6-11-17-28)44-37(45-38(32)48)39(51)41-18-21-47-19-12-7-13-20-47/h5-6,8-11,14-17,22,24,30,33-35,40H,4,7,12-13,18-21,23H2,1-3H3,(H,41,51)(H,42,44,45). The monoisotopic (exact) mass is 750 g/mol. The molecule has 15 heteroatoms. The summed E-state index contributed by atoms with van der Waals surface area (Å²) in [6, 6.07) is 22.0. The molecule has 55 heavy (non-hydrogen) atoms. The summed E-state index contributed by atoms with van der Waals surface area (Å²) < 4.78 is 25.2. The third-order valence-electron chi connectivity index (χ3n) is 9.95. The van der Waals surface area contributed by atoms with Crippen molar-refractivity contribution in [3.8, 4) is 0 Å². The van der Waals surface area contributed by atoms with Gasteiger partial charge < -0.3 is 34.3 Å². The summed E-state index contributed by atoms with van der Waals surface area (Å²) in [5, 5.41) is 10.6. The summed E-state index contributed by atoms with van der Waals surface area (Å²) in [5.74, 6) is -1.19. The second-order valence-corrected chi connectivity index (χ2v) is 13.8. The van der Waals surface area contributed by atoms with Crippen LogP contribution in [0.25, 0.3) is 11.2 Å². The number of imidazole rings is 1. The second-order valence-electron chi connectivity index (χ2n) is 13.8. The Morgan fingerprint density at radius 3 is 2.22 bits per heavy atom. The molecule has 4 atom stereocenters. The highest BCUT2D eigenvalue weighted by molar-refractivity contribution is 5.94. The minimum absolute atomic E-state index is 0.0667. The molecular formula is C40H46N8O7. The molecule has 1 amide bonds. The number of carbonyl (C=O) groups is 3. The second kappa shape index (κ2) is 17.2. The number of benzene rings is 2. The summed E-state index contributed by atoms with van der Waals surface area (Å²) in [4.78, 5) is 55.2. The predicted molar refractivity (Wildman–Crippen MR) is 201 cm³/mol. The zero-order chi connectivity index (χ0) is 38.3. The van der Waals surface area contributed by atoms with Crippen molar-refractivity contribution in [2.45, 2.75) is 76.9 Å². The normalized spacial score (nSPS) is 20.1. The van der Waals surface area contributed by atoms with Crippen LogP contribution in [0.2, 0.25) is 0 Å². The van der Waals surface area contributed by atoms with Crippen LogP contribution in [0.4, 0.5) is 5.82 Å². The highest BCUT2D eigenvalue weighted by Gasteiger charge is 2.52. The highest BCUT2D eigenvalue weighted by Crippen LogP contribution is 2.44. The van der Waals surface area contributed by atoms with Crippen molar-refractivity contribution in [1.82, 2.24) is 34.9 Å². The Hall–Kier alpha value is -5.67. The smallest absolute Gasteiger partial charge is 0.303 e. The lowest BCUT2D eigenvalue weighted by molar-refractivity contribution is -0.165. The van der Waals surface area contributed by atoms with E-state index >= 15 is 0 Å². The van der Waals surface area contributed by atoms with Crippen LogP contribution in [0, 0.1) is 0 Å². The van der Waals surface area contributed by atoms with E-state index in [9.17, 15) is 14.4 Å². The molecule has 2 aliphatic rings. The molecule has 2 aromatic carbocycles. The van der Waals surface area contributed by atoms with Gasteiger partial charge in [0.15, 0.2) is 47.3 Å². The topological polar surface area (TPSA) is 176 Å². The maximum Gasteiger partial charge on any atom is 0.303 e. The molecule has 0 bridgehead atoms. The van der Waals surface area contributed by atoms with Crippen molar-refractivity contribution < 1.29 is 33.1 Å². The van der Waals surface area contributed by atoms with E-state index in [1.54, 1.807) is 10.6 Å². The van der Waals surface area contributed by atoms with Gasteiger partial charge in [-0.3, -0.25) is 19.0 Å². The van der Waals surface area contributed by atoms with Gasteiger partial charge in [-0.05, 0) is 43.5 Å². The number of ether oxygens (including phenoxy) is 3. The molecule has 2 N–H and O–H groups in total. The van der Waals surface area contributed by atoms with Gasteiger partial charge in [0.1, 0.15) is 0 Å². The Labute approximate surface area is 318 Å². The van der Waals surface area contributed by atoms with E-state index in [0.29, 0.717) is 48.8 Å². The third-order valence-corrected chi connectivity index (χ3v) is 9.95. The quantitative estimate of drug-likeness (QED) is 0.146. The van der Waals surface area contributed by atoms with Crippen LogP contribution < -0.4 is 10.6 Å². The highest BCUT2D eigenvalue weighted by atomic mass is 16.6. The van der Waals surface area contributed by atoms with E-state index in [4.69, 9.17) is 33.7 Å². The first-order valence-electron chi connectivity index (χ1n) is 18.8. The number of hydrogen-bond acceptors (Lipinski definition) is 13. The minimum Gasteiger partial charge on any atom is -0.455 e. The van der Waals surface area contributed by atoms with Gasteiger partial charge >= 0.3 is 11.9 Å². The van der Waals surface area contributed by atoms with Crippen molar-refractivity contribution >= 4 is 34.8 Å². The average Bonchev–Trinajstić information content (AvgIpc) is 3.93. The van der Waals surface area contributed by atoms with Crippen LogP contribution in [0.5, 0.6) is 0 Å². The van der Waals surface area contributed by atoms with Crippen molar-refractivity contribution in [2.24, 2.45) is 0 Å². The van der Waals surface area contributed by atoms with E-state index in [1.807, 2.05) is 43.3 Å². The van der Waals surface area contributed by atoms with Crippen LogP contribution >= 0.6 is 0 Å². The van der Waals surface area contributed by atoms with Crippen molar-refractivity contribution in [1.29, 1.82) is 0 Å². The first-order valence-corrected chi connectivity index (χ1v) is 18.8. The molecular weight excluding hydrogens is 704 g/mol. The van der Waals surface area contributed by atoms with E-state index < -0.39 is 42.4 Å². The van der Waals surface area contributed by atoms with Crippen LogP contribution in [-0.4, -0.2) is 92.4 Å². The van der Waals surface area contributed by atoms with Crippen molar-refractivity contribution in [3.05, 3.63) is 101 Å². The number of nitrogens with one attached hydrogen (secondary N) is 2. The number of anilines is 1. The van der Waals surface area contributed by atoms with E-state index in [-0.39, 0.29) is 17.4 Å². The molecule has 2 saturated heterocycles. The number of esters is 2. The number of carbonyl (C=O) groups excluding carboxylic acids is 3. The first kappa shape index (κ1) is 37.6. The van der Waals surface area contributed by atoms with Crippen LogP contribution in [0.1, 0.15) is 91.5 Å². The average molecular weight is 751 g/mol. The zero-order valence-electron chi connectivity index (χ0n) is 31.2. The Morgan fingerprint density at radius 2 is 1.58 bits per heavy atom. The molecule has 4 unspecified atom stereocenters. The van der Waals surface area contributed by atoms with Gasteiger partial charge in [-0.25, -0.2) is 15.0 Å². The number of hydrogen-bond donors (Lipinski definition) is 2. The number of amides is 1. The molecule has 5 heterocycles. The van der Waals surface area contributed by atoms with Gasteiger partial charge in [0.2, 0.25) is 5.82 Å². The van der Waals surface area contributed by atoms with Crippen molar-refractivity contribution in [2.75, 3.05) is 38.0 Å². The molecule has 0 radical (unpaired) electrons. The fraction of sp³-hybridized carbons (Fsp3) is 0.425. The summed E-state index contributed by atoms with van der Waals surface area (Å²) in [6.45, 7) is 8.02. The summed E-state index contributed by atoms with van der Waals surface area (Å²) in [6.07, 6.45) is 1.26. The van der Waals surface area contributed by atoms with Gasteiger partial charge in [0, 0.05) is 45.5 Å². The van der Waals surface area contributed by atoms with Gasteiger partial charge in [-0.15, -0.1) is 0 Å². The van der Waals surface area contributed by atoms with Gasteiger partial charge in [0.05, 0.1) is 12.0 Å². The summed E-state index contributed by atoms with van der Waals surface area (Å²) in [5.41, 5.74) is 3.46. The molecule has 0 aliphatic carbocycles. The lowest BCUT2D eigenvalue weighted by Gasteiger charge is -2.26. The fourth-order valence-electron chi connectivity index (χ4n) is 7.27. The molecule has 15 nitrogen and oxygen atoms in total. The zero-order valence-corrected chi connectivity index (χ0v) is 31.2. The van der Waals surface area contributed by atoms with E-state index in [0.717, 1.165) is 37.1 Å². The Bertz CT molecular complexity index is 2040. The molecule has 288 valence electrons. The SMILES string of the molecule is CCc1cc(C2OC(n3cnc4c(NCC(c5ccccc5)c5ccccc5)nc(C(=O)NCCN5CCCCC5)nc43)C(OC(C)=O)C2OC(C)=O)on1. The number of rotatable bonds is 14. The molecule has 2 aliphatic heterocycles. The lowest BCUT2D eigenvalue weighted by atomic mass is 9.91. The maximum atomic E-state index is 13.8. The van der Waals surface area contributed by atoms with Gasteiger partial charge in [-0.2, -0.15) is 0 Å². The number of aromatic nitrogens is 5. The van der Waals surface area contributed by atoms with Crippen molar-refractivity contribution in [3.63, 3.8) is 0 Å². The first-order chi connectivity index (χ1) is 26.8. The predicted octanol–water partition coefficient (Wildman–Crippen LogP) is 4.97. The number of fused-ring (bicyclic) bond motifs is 1. The van der Waals surface area contributed by atoms with E-state index in [1.165, 1.54) is 26.6 Å². The number of piperidine rings is 1. The van der Waals surface area contributed by atoms with Crippen LogP contribution in [0.15, 0.2) is 77.6 Å². The number of likely N-dealkylation sites (tertiary alicyclic amines) is 1. The largest absolute Gasteiger partial charge is 0.455 e. The molecule has 0 spiro atoms. The molecule has 2 fully saturated rings.